The van der Waals surface area contributed by atoms with Gasteiger partial charge in [0.1, 0.15) is 11.9 Å². The molecule has 3 rings (SSSR count). The van der Waals surface area contributed by atoms with Gasteiger partial charge in [-0.2, -0.15) is 0 Å². The van der Waals surface area contributed by atoms with Crippen molar-refractivity contribution in [2.24, 2.45) is 0 Å². The number of amides is 4. The van der Waals surface area contributed by atoms with Gasteiger partial charge in [-0.1, -0.05) is 0 Å². The van der Waals surface area contributed by atoms with Gasteiger partial charge in [-0.05, 0) is 18.2 Å². The largest absolute Gasteiger partial charge is 0.442 e. The van der Waals surface area contributed by atoms with E-state index >= 15 is 0 Å². The molecule has 0 unspecified atom stereocenters. The van der Waals surface area contributed by atoms with Gasteiger partial charge in [-0.15, -0.1) is 0 Å². The Morgan fingerprint density at radius 3 is 2.41 bits per heavy atom. The van der Waals surface area contributed by atoms with Crippen molar-refractivity contribution in [1.29, 1.82) is 0 Å². The molecule has 2 saturated heterocycles. The number of hydrogen-bond donors (Lipinski definition) is 1. The van der Waals surface area contributed by atoms with Gasteiger partial charge in [0.15, 0.2) is 0 Å². The summed E-state index contributed by atoms with van der Waals surface area (Å²) in [7, 11) is 0. The van der Waals surface area contributed by atoms with Crippen molar-refractivity contribution in [2.75, 3.05) is 49.1 Å². The van der Waals surface area contributed by atoms with E-state index in [0.717, 1.165) is 0 Å². The van der Waals surface area contributed by atoms with Gasteiger partial charge in [0.25, 0.3) is 0 Å². The molecular weight excluding hydrogens is 385 g/mol. The van der Waals surface area contributed by atoms with Gasteiger partial charge in [0.2, 0.25) is 18.7 Å². The van der Waals surface area contributed by atoms with Crippen molar-refractivity contribution < 1.29 is 28.3 Å². The Morgan fingerprint density at radius 2 is 1.86 bits per heavy atom. The summed E-state index contributed by atoms with van der Waals surface area (Å²) in [6.45, 7) is 2.94. The van der Waals surface area contributed by atoms with E-state index in [4.69, 9.17) is 4.74 Å². The summed E-state index contributed by atoms with van der Waals surface area (Å²) in [6, 6.07) is 4.42. The van der Waals surface area contributed by atoms with Gasteiger partial charge in [-0.3, -0.25) is 29.3 Å². The van der Waals surface area contributed by atoms with Gasteiger partial charge in [-0.25, -0.2) is 9.18 Å². The zero-order chi connectivity index (χ0) is 21.0. The maximum atomic E-state index is 14.8. The van der Waals surface area contributed by atoms with Crippen LogP contribution in [0.15, 0.2) is 18.2 Å². The monoisotopic (exact) mass is 407 g/mol. The van der Waals surface area contributed by atoms with Gasteiger partial charge >= 0.3 is 6.09 Å². The number of halogens is 1. The number of nitrogens with zero attached hydrogens (tertiary/aromatic N) is 4. The van der Waals surface area contributed by atoms with Gasteiger partial charge < -0.3 is 15.0 Å². The van der Waals surface area contributed by atoms with Crippen LogP contribution in [-0.4, -0.2) is 80.2 Å². The second-order valence-corrected chi connectivity index (χ2v) is 6.71. The normalized spacial score (nSPS) is 19.7. The van der Waals surface area contributed by atoms with Crippen molar-refractivity contribution in [3.63, 3.8) is 0 Å². The summed E-state index contributed by atoms with van der Waals surface area (Å²) >= 11 is 0. The van der Waals surface area contributed by atoms with E-state index in [0.29, 0.717) is 37.3 Å². The zero-order valence-electron chi connectivity index (χ0n) is 15.9. The van der Waals surface area contributed by atoms with E-state index in [1.165, 1.54) is 27.9 Å². The summed E-state index contributed by atoms with van der Waals surface area (Å²) in [5.41, 5.74) is 0.662. The van der Waals surface area contributed by atoms with Gasteiger partial charge in [0, 0.05) is 20.0 Å². The van der Waals surface area contributed by atoms with Crippen molar-refractivity contribution >= 4 is 36.2 Å². The van der Waals surface area contributed by atoms with E-state index in [9.17, 15) is 23.6 Å². The van der Waals surface area contributed by atoms with Crippen molar-refractivity contribution in [3.8, 4) is 0 Å². The third-order valence-electron chi connectivity index (χ3n) is 4.81. The molecule has 1 aromatic carbocycles. The molecule has 1 aromatic rings. The number of carbonyl (C=O) groups excluding carboxylic acids is 4. The third kappa shape index (κ3) is 4.55. The fourth-order valence-electron chi connectivity index (χ4n) is 3.30. The Hall–Kier alpha value is -3.37. The molecule has 4 amide bonds. The van der Waals surface area contributed by atoms with Gasteiger partial charge in [0.05, 0.1) is 37.6 Å². The third-order valence-corrected chi connectivity index (χ3v) is 4.81. The molecule has 0 saturated carbocycles. The first-order valence-corrected chi connectivity index (χ1v) is 9.13. The van der Waals surface area contributed by atoms with Crippen LogP contribution < -0.4 is 15.1 Å². The highest BCUT2D eigenvalue weighted by atomic mass is 19.1. The first kappa shape index (κ1) is 20.4. The van der Waals surface area contributed by atoms with Crippen LogP contribution >= 0.6 is 0 Å². The van der Waals surface area contributed by atoms with E-state index in [1.807, 2.05) is 0 Å². The van der Waals surface area contributed by atoms with E-state index in [1.54, 1.807) is 17.0 Å². The molecule has 2 aliphatic rings. The average Bonchev–Trinajstić information content (AvgIpc) is 2.94. The Labute approximate surface area is 166 Å². The number of ether oxygens (including phenoxy) is 1. The zero-order valence-corrected chi connectivity index (χ0v) is 15.9. The number of hydrazine groups is 1. The molecule has 10 nitrogen and oxygen atoms in total. The lowest BCUT2D eigenvalue weighted by Gasteiger charge is -2.24. The maximum Gasteiger partial charge on any atom is 0.414 e. The molecule has 0 aromatic heterocycles. The average molecular weight is 407 g/mol. The van der Waals surface area contributed by atoms with Crippen LogP contribution in [0.25, 0.3) is 0 Å². The highest BCUT2D eigenvalue weighted by Crippen LogP contribution is 2.28. The predicted octanol–water partition coefficient (Wildman–Crippen LogP) is -0.0612. The molecule has 0 spiro atoms. The molecule has 11 heteroatoms. The molecule has 1 N–H and O–H groups in total. The topological polar surface area (TPSA) is 103 Å². The Bertz CT molecular complexity index is 789. The lowest BCUT2D eigenvalue weighted by Crippen LogP contribution is -2.41. The second kappa shape index (κ2) is 8.76. The molecule has 2 heterocycles. The summed E-state index contributed by atoms with van der Waals surface area (Å²) in [5.74, 6) is -0.758. The van der Waals surface area contributed by atoms with Crippen LogP contribution in [0.5, 0.6) is 0 Å². The fraction of sp³-hybridized carbons (Fsp3) is 0.444. The summed E-state index contributed by atoms with van der Waals surface area (Å²) in [5, 5.41) is 5.07. The Kier molecular flexibility index (Phi) is 6.15. The van der Waals surface area contributed by atoms with Crippen molar-refractivity contribution in [1.82, 2.24) is 15.3 Å². The first-order valence-electron chi connectivity index (χ1n) is 9.13. The number of nitrogens with one attached hydrogen (secondary N) is 1. The summed E-state index contributed by atoms with van der Waals surface area (Å²) in [6.07, 6.45) is 0.00969. The van der Waals surface area contributed by atoms with Crippen LogP contribution in [0, 0.1) is 5.82 Å². The predicted molar refractivity (Wildman–Crippen MR) is 100 cm³/mol. The summed E-state index contributed by atoms with van der Waals surface area (Å²) < 4.78 is 20.0. The molecule has 29 heavy (non-hydrogen) atoms. The molecule has 156 valence electrons. The van der Waals surface area contributed by atoms with Crippen LogP contribution in [0.4, 0.5) is 20.6 Å². The van der Waals surface area contributed by atoms with Crippen molar-refractivity contribution in [2.45, 2.75) is 13.0 Å². The minimum absolute atomic E-state index is 0.187. The van der Waals surface area contributed by atoms with Crippen LogP contribution in [0.2, 0.25) is 0 Å². The fourth-order valence-corrected chi connectivity index (χ4v) is 3.30. The molecular formula is C18H22FN5O5. The number of anilines is 2. The highest BCUT2D eigenvalue weighted by Gasteiger charge is 2.33. The number of benzene rings is 1. The SMILES string of the molecule is CC(=O)NC[C@H]1CN(c2ccc(N3CCN(C=O)N(C=O)CC3)c(F)c2)C(=O)O1. The molecule has 0 radical (unpaired) electrons. The number of carbonyl (C=O) groups is 4. The molecule has 1 atom stereocenters. The van der Waals surface area contributed by atoms with E-state index < -0.39 is 18.0 Å². The lowest BCUT2D eigenvalue weighted by molar-refractivity contribution is -0.145. The lowest BCUT2D eigenvalue weighted by atomic mass is 10.2. The van der Waals surface area contributed by atoms with E-state index in [-0.39, 0.29) is 32.1 Å². The maximum absolute atomic E-state index is 14.8. The Morgan fingerprint density at radius 1 is 1.21 bits per heavy atom. The van der Waals surface area contributed by atoms with Crippen molar-refractivity contribution in [3.05, 3.63) is 24.0 Å². The highest BCUT2D eigenvalue weighted by molar-refractivity contribution is 5.90. The summed E-state index contributed by atoms with van der Waals surface area (Å²) in [4.78, 5) is 48.3. The molecule has 2 fully saturated rings. The standard InChI is InChI=1S/C18H22FN5O5/c1-13(27)20-9-15-10-24(18(28)29-15)14-2-3-17(16(19)8-14)21-4-6-22(11-25)23(12-26)7-5-21/h2-3,8,11-12,15H,4-7,9-10H2,1H3,(H,20,27)/t15-/m0/s1. The van der Waals surface area contributed by atoms with Crippen LogP contribution in [0.3, 0.4) is 0 Å². The molecule has 2 aliphatic heterocycles. The smallest absolute Gasteiger partial charge is 0.414 e. The van der Waals surface area contributed by atoms with Crippen LogP contribution in [-0.2, 0) is 19.1 Å². The quantitative estimate of drug-likeness (QED) is 0.663. The number of hydrogen-bond acceptors (Lipinski definition) is 6. The molecule has 0 bridgehead atoms. The van der Waals surface area contributed by atoms with E-state index in [2.05, 4.69) is 5.32 Å². The first-order chi connectivity index (χ1) is 13.9. The number of cyclic esters (lactones) is 1. The minimum atomic E-state index is -0.606. The number of rotatable bonds is 6. The van der Waals surface area contributed by atoms with Crippen LogP contribution in [0.1, 0.15) is 6.92 Å². The second-order valence-electron chi connectivity index (χ2n) is 6.71. The molecule has 0 aliphatic carbocycles. The minimum Gasteiger partial charge on any atom is -0.442 e. The Balaban J connectivity index is 1.70.